The SMILES string of the molecule is COCCNC(=O)CN1CCCC1C1CCCC1O. The minimum Gasteiger partial charge on any atom is -0.393 e. The van der Waals surface area contributed by atoms with Gasteiger partial charge in [0.05, 0.1) is 19.3 Å². The molecule has 1 saturated carbocycles. The van der Waals surface area contributed by atoms with Crippen molar-refractivity contribution in [1.29, 1.82) is 0 Å². The van der Waals surface area contributed by atoms with E-state index in [4.69, 9.17) is 4.74 Å². The highest BCUT2D eigenvalue weighted by molar-refractivity contribution is 5.78. The van der Waals surface area contributed by atoms with Crippen LogP contribution < -0.4 is 5.32 Å². The Morgan fingerprint density at radius 1 is 1.37 bits per heavy atom. The van der Waals surface area contributed by atoms with E-state index in [0.29, 0.717) is 31.7 Å². The lowest BCUT2D eigenvalue weighted by Crippen LogP contribution is -2.44. The predicted octanol–water partition coefficient (Wildman–Crippen LogP) is 0.374. The quantitative estimate of drug-likeness (QED) is 0.685. The first-order valence-corrected chi connectivity index (χ1v) is 7.40. The lowest BCUT2D eigenvalue weighted by Gasteiger charge is -2.30. The van der Waals surface area contributed by atoms with Crippen molar-refractivity contribution in [3.63, 3.8) is 0 Å². The Labute approximate surface area is 115 Å². The van der Waals surface area contributed by atoms with Crippen LogP contribution in [-0.2, 0) is 9.53 Å². The molecule has 5 nitrogen and oxygen atoms in total. The minimum absolute atomic E-state index is 0.0661. The van der Waals surface area contributed by atoms with Crippen molar-refractivity contribution < 1.29 is 14.6 Å². The Kier molecular flexibility index (Phi) is 5.60. The van der Waals surface area contributed by atoms with E-state index in [1.165, 1.54) is 0 Å². The molecule has 0 aromatic heterocycles. The van der Waals surface area contributed by atoms with E-state index in [9.17, 15) is 9.90 Å². The van der Waals surface area contributed by atoms with Gasteiger partial charge in [0.1, 0.15) is 0 Å². The summed E-state index contributed by atoms with van der Waals surface area (Å²) in [6, 6.07) is 0.394. The van der Waals surface area contributed by atoms with E-state index < -0.39 is 0 Å². The zero-order valence-electron chi connectivity index (χ0n) is 11.8. The highest BCUT2D eigenvalue weighted by Crippen LogP contribution is 2.35. The van der Waals surface area contributed by atoms with Gasteiger partial charge in [0.2, 0.25) is 5.91 Å². The van der Waals surface area contributed by atoms with Crippen LogP contribution in [0.5, 0.6) is 0 Å². The van der Waals surface area contributed by atoms with Crippen molar-refractivity contribution >= 4 is 5.91 Å². The van der Waals surface area contributed by atoms with Crippen LogP contribution in [0.4, 0.5) is 0 Å². The fourth-order valence-corrected chi connectivity index (χ4v) is 3.48. The van der Waals surface area contributed by atoms with Crippen molar-refractivity contribution in [1.82, 2.24) is 10.2 Å². The highest BCUT2D eigenvalue weighted by atomic mass is 16.5. The normalized spacial score (nSPS) is 31.8. The Bertz CT molecular complexity index is 298. The summed E-state index contributed by atoms with van der Waals surface area (Å²) >= 11 is 0. The molecule has 1 amide bonds. The summed E-state index contributed by atoms with van der Waals surface area (Å²) in [6.07, 6.45) is 5.24. The maximum atomic E-state index is 11.8. The second-order valence-corrected chi connectivity index (χ2v) is 5.68. The Hall–Kier alpha value is -0.650. The first kappa shape index (κ1) is 14.8. The van der Waals surface area contributed by atoms with Gasteiger partial charge in [-0.25, -0.2) is 0 Å². The van der Waals surface area contributed by atoms with Crippen molar-refractivity contribution in [3.8, 4) is 0 Å². The average Bonchev–Trinajstić information content (AvgIpc) is 2.98. The summed E-state index contributed by atoms with van der Waals surface area (Å²) in [4.78, 5) is 14.1. The van der Waals surface area contributed by atoms with E-state index in [2.05, 4.69) is 10.2 Å². The number of aliphatic hydroxyl groups excluding tert-OH is 1. The van der Waals surface area contributed by atoms with Gasteiger partial charge in [-0.3, -0.25) is 9.69 Å². The maximum absolute atomic E-state index is 11.8. The maximum Gasteiger partial charge on any atom is 0.234 e. The summed E-state index contributed by atoms with van der Waals surface area (Å²) in [5, 5.41) is 12.9. The molecule has 0 bridgehead atoms. The molecule has 1 aliphatic carbocycles. The largest absolute Gasteiger partial charge is 0.393 e. The molecule has 0 radical (unpaired) electrons. The van der Waals surface area contributed by atoms with Gasteiger partial charge >= 0.3 is 0 Å². The number of amides is 1. The van der Waals surface area contributed by atoms with Crippen LogP contribution in [0.1, 0.15) is 32.1 Å². The number of carbonyl (C=O) groups is 1. The zero-order chi connectivity index (χ0) is 13.7. The molecular formula is C14H26N2O3. The molecule has 2 aliphatic rings. The molecule has 0 aromatic carbocycles. The van der Waals surface area contributed by atoms with Gasteiger partial charge in [-0.05, 0) is 32.2 Å². The summed E-state index contributed by atoms with van der Waals surface area (Å²) < 4.78 is 4.92. The number of hydrogen-bond acceptors (Lipinski definition) is 4. The summed E-state index contributed by atoms with van der Waals surface area (Å²) in [7, 11) is 1.63. The summed E-state index contributed by atoms with van der Waals surface area (Å²) in [6.45, 7) is 2.56. The number of ether oxygens (including phenoxy) is 1. The van der Waals surface area contributed by atoms with Gasteiger partial charge < -0.3 is 15.2 Å². The van der Waals surface area contributed by atoms with Crippen molar-refractivity contribution in [3.05, 3.63) is 0 Å². The van der Waals surface area contributed by atoms with Gasteiger partial charge in [0.25, 0.3) is 0 Å². The lowest BCUT2D eigenvalue weighted by molar-refractivity contribution is -0.123. The first-order chi connectivity index (χ1) is 9.22. The smallest absolute Gasteiger partial charge is 0.234 e. The van der Waals surface area contributed by atoms with E-state index in [1.54, 1.807) is 7.11 Å². The van der Waals surface area contributed by atoms with Crippen LogP contribution in [0.2, 0.25) is 0 Å². The van der Waals surface area contributed by atoms with Crippen LogP contribution in [-0.4, -0.2) is 61.4 Å². The highest BCUT2D eigenvalue weighted by Gasteiger charge is 2.38. The number of nitrogens with one attached hydrogen (secondary N) is 1. The van der Waals surface area contributed by atoms with Crippen molar-refractivity contribution in [2.24, 2.45) is 5.92 Å². The van der Waals surface area contributed by atoms with Gasteiger partial charge in [-0.2, -0.15) is 0 Å². The molecule has 110 valence electrons. The second kappa shape index (κ2) is 7.22. The zero-order valence-corrected chi connectivity index (χ0v) is 11.8. The molecular weight excluding hydrogens is 244 g/mol. The number of likely N-dealkylation sites (tertiary alicyclic amines) is 1. The molecule has 1 saturated heterocycles. The third-order valence-corrected chi connectivity index (χ3v) is 4.42. The average molecular weight is 270 g/mol. The number of methoxy groups -OCH3 is 1. The fourth-order valence-electron chi connectivity index (χ4n) is 3.48. The summed E-state index contributed by atoms with van der Waals surface area (Å²) in [5.74, 6) is 0.436. The molecule has 3 unspecified atom stereocenters. The monoisotopic (exact) mass is 270 g/mol. The number of nitrogens with zero attached hydrogens (tertiary/aromatic N) is 1. The van der Waals surface area contributed by atoms with Gasteiger partial charge in [-0.1, -0.05) is 6.42 Å². The molecule has 2 fully saturated rings. The fraction of sp³-hybridized carbons (Fsp3) is 0.929. The number of carbonyl (C=O) groups excluding carboxylic acids is 1. The number of hydrogen-bond donors (Lipinski definition) is 2. The summed E-state index contributed by atoms with van der Waals surface area (Å²) in [5.41, 5.74) is 0. The van der Waals surface area contributed by atoms with Gasteiger partial charge in [0, 0.05) is 25.6 Å². The van der Waals surface area contributed by atoms with Crippen LogP contribution in [0, 0.1) is 5.92 Å². The second-order valence-electron chi connectivity index (χ2n) is 5.68. The van der Waals surface area contributed by atoms with E-state index in [1.807, 2.05) is 0 Å². The van der Waals surface area contributed by atoms with Gasteiger partial charge in [0.15, 0.2) is 0 Å². The Balaban J connectivity index is 1.80. The van der Waals surface area contributed by atoms with E-state index in [-0.39, 0.29) is 12.0 Å². The third-order valence-electron chi connectivity index (χ3n) is 4.42. The Morgan fingerprint density at radius 3 is 2.89 bits per heavy atom. The van der Waals surface area contributed by atoms with Crippen LogP contribution in [0.25, 0.3) is 0 Å². The molecule has 1 heterocycles. The van der Waals surface area contributed by atoms with Crippen molar-refractivity contribution in [2.75, 3.05) is 33.4 Å². The van der Waals surface area contributed by atoms with Crippen LogP contribution in [0.15, 0.2) is 0 Å². The minimum atomic E-state index is -0.165. The molecule has 19 heavy (non-hydrogen) atoms. The first-order valence-electron chi connectivity index (χ1n) is 7.40. The molecule has 0 aromatic rings. The Morgan fingerprint density at radius 2 is 2.21 bits per heavy atom. The lowest BCUT2D eigenvalue weighted by atomic mass is 9.94. The molecule has 2 rings (SSSR count). The molecule has 3 atom stereocenters. The van der Waals surface area contributed by atoms with E-state index in [0.717, 1.165) is 38.6 Å². The van der Waals surface area contributed by atoms with Crippen LogP contribution in [0.3, 0.4) is 0 Å². The standard InChI is InChI=1S/C14H26N2O3/c1-19-9-7-15-14(18)10-16-8-3-5-12(16)11-4-2-6-13(11)17/h11-13,17H,2-10H2,1H3,(H,15,18). The topological polar surface area (TPSA) is 61.8 Å². The van der Waals surface area contributed by atoms with Crippen LogP contribution >= 0.6 is 0 Å². The number of aliphatic hydroxyl groups is 1. The molecule has 5 heteroatoms. The third kappa shape index (κ3) is 3.91. The van der Waals surface area contributed by atoms with Crippen molar-refractivity contribution in [2.45, 2.75) is 44.2 Å². The molecule has 0 spiro atoms. The molecule has 1 aliphatic heterocycles. The van der Waals surface area contributed by atoms with E-state index >= 15 is 0 Å². The molecule has 2 N–H and O–H groups in total. The number of rotatable bonds is 6. The van der Waals surface area contributed by atoms with Gasteiger partial charge in [-0.15, -0.1) is 0 Å². The predicted molar refractivity (Wildman–Crippen MR) is 72.8 cm³/mol.